The Hall–Kier alpha value is -2.40. The Morgan fingerprint density at radius 1 is 0.885 bits per heavy atom. The van der Waals surface area contributed by atoms with Gasteiger partial charge in [0.15, 0.2) is 0 Å². The Kier molecular flexibility index (Phi) is 6.61. The van der Waals surface area contributed by atoms with Gasteiger partial charge in [0.2, 0.25) is 0 Å². The molecule has 1 aliphatic heterocycles. The highest BCUT2D eigenvalue weighted by Gasteiger charge is 2.20. The van der Waals surface area contributed by atoms with Gasteiger partial charge in [0.1, 0.15) is 5.82 Å². The first-order valence-electron chi connectivity index (χ1n) is 9.24. The van der Waals surface area contributed by atoms with Crippen LogP contribution < -0.4 is 5.32 Å². The predicted octanol–water partition coefficient (Wildman–Crippen LogP) is 2.94. The summed E-state index contributed by atoms with van der Waals surface area (Å²) in [7, 11) is 0. The Bertz CT molecular complexity index is 682. The molecular weight excluding hydrogens is 329 g/mol. The first-order valence-corrected chi connectivity index (χ1v) is 9.24. The lowest BCUT2D eigenvalue weighted by atomic mass is 10.1. The fourth-order valence-corrected chi connectivity index (χ4v) is 3.18. The first kappa shape index (κ1) is 18.4. The van der Waals surface area contributed by atoms with Crippen molar-refractivity contribution in [3.8, 4) is 0 Å². The SMILES string of the molecule is O=C(NCCc1ccccc1)N1CCN(CCc2ccc(F)cc2)CC1. The van der Waals surface area contributed by atoms with Gasteiger partial charge in [-0.1, -0.05) is 42.5 Å². The molecule has 2 aromatic carbocycles. The third-order valence-electron chi connectivity index (χ3n) is 4.82. The summed E-state index contributed by atoms with van der Waals surface area (Å²) < 4.78 is 12.9. The summed E-state index contributed by atoms with van der Waals surface area (Å²) in [6.45, 7) is 4.87. The minimum Gasteiger partial charge on any atom is -0.338 e. The smallest absolute Gasteiger partial charge is 0.317 e. The number of carbonyl (C=O) groups excluding carboxylic acids is 1. The molecule has 0 spiro atoms. The van der Waals surface area contributed by atoms with Gasteiger partial charge in [-0.3, -0.25) is 4.90 Å². The van der Waals surface area contributed by atoms with E-state index in [-0.39, 0.29) is 11.8 Å². The number of rotatable bonds is 6. The lowest BCUT2D eigenvalue weighted by Crippen LogP contribution is -2.52. The van der Waals surface area contributed by atoms with Crippen LogP contribution in [0.5, 0.6) is 0 Å². The van der Waals surface area contributed by atoms with Gasteiger partial charge in [-0.25, -0.2) is 9.18 Å². The molecule has 1 aliphatic rings. The van der Waals surface area contributed by atoms with E-state index in [1.165, 1.54) is 17.7 Å². The number of amides is 2. The molecule has 2 aromatic rings. The monoisotopic (exact) mass is 355 g/mol. The zero-order chi connectivity index (χ0) is 18.2. The van der Waals surface area contributed by atoms with Crippen molar-refractivity contribution in [2.75, 3.05) is 39.3 Å². The van der Waals surface area contributed by atoms with Crippen LogP contribution in [0.4, 0.5) is 9.18 Å². The number of carbonyl (C=O) groups is 1. The summed E-state index contributed by atoms with van der Waals surface area (Å²) in [6.07, 6.45) is 1.76. The van der Waals surface area contributed by atoms with E-state index in [1.54, 1.807) is 0 Å². The largest absolute Gasteiger partial charge is 0.338 e. The van der Waals surface area contributed by atoms with Crippen molar-refractivity contribution in [1.29, 1.82) is 0 Å². The van der Waals surface area contributed by atoms with Crippen molar-refractivity contribution >= 4 is 6.03 Å². The van der Waals surface area contributed by atoms with E-state index in [4.69, 9.17) is 0 Å². The number of halogens is 1. The van der Waals surface area contributed by atoms with Crippen molar-refractivity contribution < 1.29 is 9.18 Å². The predicted molar refractivity (Wildman–Crippen MR) is 102 cm³/mol. The lowest BCUT2D eigenvalue weighted by Gasteiger charge is -2.34. The van der Waals surface area contributed by atoms with E-state index in [0.29, 0.717) is 6.54 Å². The van der Waals surface area contributed by atoms with Crippen molar-refractivity contribution in [3.05, 3.63) is 71.5 Å². The molecule has 1 heterocycles. The number of nitrogens with one attached hydrogen (secondary N) is 1. The van der Waals surface area contributed by atoms with Crippen LogP contribution in [0, 0.1) is 5.82 Å². The van der Waals surface area contributed by atoms with Crippen molar-refractivity contribution in [2.24, 2.45) is 0 Å². The summed E-state index contributed by atoms with van der Waals surface area (Å²) in [4.78, 5) is 16.5. The molecular formula is C21H26FN3O. The highest BCUT2D eigenvalue weighted by atomic mass is 19.1. The molecule has 0 saturated carbocycles. The molecule has 1 saturated heterocycles. The molecule has 0 atom stereocenters. The van der Waals surface area contributed by atoms with Crippen LogP contribution >= 0.6 is 0 Å². The Balaban J connectivity index is 1.33. The molecule has 0 aliphatic carbocycles. The fraction of sp³-hybridized carbons (Fsp3) is 0.381. The third-order valence-corrected chi connectivity index (χ3v) is 4.82. The minimum atomic E-state index is -0.194. The quantitative estimate of drug-likeness (QED) is 0.865. The van der Waals surface area contributed by atoms with Crippen molar-refractivity contribution in [2.45, 2.75) is 12.8 Å². The second-order valence-electron chi connectivity index (χ2n) is 6.67. The third kappa shape index (κ3) is 5.56. The molecule has 3 rings (SSSR count). The molecule has 1 fully saturated rings. The maximum atomic E-state index is 12.9. The van der Waals surface area contributed by atoms with Gasteiger partial charge < -0.3 is 10.2 Å². The zero-order valence-corrected chi connectivity index (χ0v) is 15.0. The molecule has 5 heteroatoms. The highest BCUT2D eigenvalue weighted by Crippen LogP contribution is 2.07. The lowest BCUT2D eigenvalue weighted by molar-refractivity contribution is 0.140. The Labute approximate surface area is 154 Å². The van der Waals surface area contributed by atoms with Gasteiger partial charge in [-0.15, -0.1) is 0 Å². The highest BCUT2D eigenvalue weighted by molar-refractivity contribution is 5.74. The molecule has 2 amide bonds. The summed E-state index contributed by atoms with van der Waals surface area (Å²) in [5.41, 5.74) is 2.38. The van der Waals surface area contributed by atoms with Crippen LogP contribution in [0.25, 0.3) is 0 Å². The van der Waals surface area contributed by atoms with E-state index < -0.39 is 0 Å². The maximum absolute atomic E-state index is 12.9. The van der Waals surface area contributed by atoms with Crippen LogP contribution in [-0.2, 0) is 12.8 Å². The summed E-state index contributed by atoms with van der Waals surface area (Å²) in [6, 6.07) is 16.9. The van der Waals surface area contributed by atoms with Crippen LogP contribution in [0.3, 0.4) is 0 Å². The van der Waals surface area contributed by atoms with Crippen molar-refractivity contribution in [3.63, 3.8) is 0 Å². The number of benzene rings is 2. The van der Waals surface area contributed by atoms with Gasteiger partial charge in [0.25, 0.3) is 0 Å². The molecule has 138 valence electrons. The zero-order valence-electron chi connectivity index (χ0n) is 15.0. The first-order chi connectivity index (χ1) is 12.7. The summed E-state index contributed by atoms with van der Waals surface area (Å²) in [5, 5.41) is 3.01. The van der Waals surface area contributed by atoms with E-state index in [9.17, 15) is 9.18 Å². The molecule has 0 aromatic heterocycles. The number of hydrogen-bond donors (Lipinski definition) is 1. The van der Waals surface area contributed by atoms with Crippen LogP contribution in [-0.4, -0.2) is 55.1 Å². The molecule has 26 heavy (non-hydrogen) atoms. The molecule has 0 bridgehead atoms. The Morgan fingerprint density at radius 2 is 1.54 bits per heavy atom. The number of hydrogen-bond acceptors (Lipinski definition) is 2. The minimum absolute atomic E-state index is 0.0270. The van der Waals surface area contributed by atoms with Gasteiger partial charge in [-0.05, 0) is 36.1 Å². The number of nitrogens with zero attached hydrogens (tertiary/aromatic N) is 2. The molecule has 1 N–H and O–H groups in total. The van der Waals surface area contributed by atoms with Crippen LogP contribution in [0.15, 0.2) is 54.6 Å². The van der Waals surface area contributed by atoms with Gasteiger partial charge in [-0.2, -0.15) is 0 Å². The maximum Gasteiger partial charge on any atom is 0.317 e. The molecule has 0 radical (unpaired) electrons. The Morgan fingerprint density at radius 3 is 2.23 bits per heavy atom. The second-order valence-corrected chi connectivity index (χ2v) is 6.67. The van der Waals surface area contributed by atoms with Gasteiger partial charge in [0.05, 0.1) is 0 Å². The number of piperazine rings is 1. The van der Waals surface area contributed by atoms with Gasteiger partial charge in [0, 0.05) is 39.3 Å². The topological polar surface area (TPSA) is 35.6 Å². The normalized spacial score (nSPS) is 15.0. The average Bonchev–Trinajstić information content (AvgIpc) is 2.69. The van der Waals surface area contributed by atoms with E-state index in [2.05, 4.69) is 22.3 Å². The van der Waals surface area contributed by atoms with Crippen LogP contribution in [0.1, 0.15) is 11.1 Å². The van der Waals surface area contributed by atoms with Crippen molar-refractivity contribution in [1.82, 2.24) is 15.1 Å². The second kappa shape index (κ2) is 9.34. The molecule has 0 unspecified atom stereocenters. The van der Waals surface area contributed by atoms with Gasteiger partial charge >= 0.3 is 6.03 Å². The molecule has 4 nitrogen and oxygen atoms in total. The standard InChI is InChI=1S/C21H26FN3O/c22-20-8-6-19(7-9-20)11-13-24-14-16-25(17-15-24)21(26)23-12-10-18-4-2-1-3-5-18/h1-9H,10-17H2,(H,23,26). The van der Waals surface area contributed by atoms with E-state index in [0.717, 1.165) is 51.1 Å². The van der Waals surface area contributed by atoms with E-state index in [1.807, 2.05) is 35.2 Å². The van der Waals surface area contributed by atoms with Crippen LogP contribution in [0.2, 0.25) is 0 Å². The number of urea groups is 1. The summed E-state index contributed by atoms with van der Waals surface area (Å²) >= 11 is 0. The summed E-state index contributed by atoms with van der Waals surface area (Å²) in [5.74, 6) is -0.194. The average molecular weight is 355 g/mol. The fourth-order valence-electron chi connectivity index (χ4n) is 3.18. The van der Waals surface area contributed by atoms with E-state index >= 15 is 0 Å².